The molecule has 1 amide bonds. The molecule has 0 spiro atoms. The Balaban J connectivity index is 2.20. The summed E-state index contributed by atoms with van der Waals surface area (Å²) in [5.41, 5.74) is 5.30. The summed E-state index contributed by atoms with van der Waals surface area (Å²) in [4.78, 5) is 12.3. The highest BCUT2D eigenvalue weighted by Gasteiger charge is 2.11. The average Bonchev–Trinajstić information content (AvgIpc) is 2.48. The van der Waals surface area contributed by atoms with Crippen LogP contribution in [-0.4, -0.2) is 13.0 Å². The molecule has 0 aliphatic carbocycles. The topological polar surface area (TPSA) is 76.4 Å². The van der Waals surface area contributed by atoms with Crippen molar-refractivity contribution in [2.45, 2.75) is 6.92 Å². The molecule has 0 atom stereocenters. The van der Waals surface area contributed by atoms with Crippen molar-refractivity contribution in [2.75, 3.05) is 17.9 Å². The predicted molar refractivity (Wildman–Crippen MR) is 79.9 cm³/mol. The van der Waals surface area contributed by atoms with Gasteiger partial charge in [-0.1, -0.05) is 11.6 Å². The standard InChI is InChI=1S/C15H17N3O2/c1-10-3-8-14(18-16)13(9-10)15(19)17-11-4-6-12(20-2)7-5-11/h3-9,18H,16H2,1-2H3,(H,17,19). The van der Waals surface area contributed by atoms with Gasteiger partial charge in [-0.05, 0) is 43.3 Å². The van der Waals surface area contributed by atoms with E-state index in [-0.39, 0.29) is 5.91 Å². The predicted octanol–water partition coefficient (Wildman–Crippen LogP) is 2.54. The summed E-state index contributed by atoms with van der Waals surface area (Å²) in [5, 5.41) is 2.82. The Morgan fingerprint density at radius 1 is 1.15 bits per heavy atom. The number of nitrogens with two attached hydrogens (primary N) is 1. The Hall–Kier alpha value is -2.53. The van der Waals surface area contributed by atoms with E-state index < -0.39 is 0 Å². The van der Waals surface area contributed by atoms with Gasteiger partial charge in [0.15, 0.2) is 0 Å². The van der Waals surface area contributed by atoms with Gasteiger partial charge >= 0.3 is 0 Å². The van der Waals surface area contributed by atoms with Crippen molar-refractivity contribution >= 4 is 17.3 Å². The highest BCUT2D eigenvalue weighted by molar-refractivity contribution is 6.08. The van der Waals surface area contributed by atoms with Crippen LogP contribution >= 0.6 is 0 Å². The van der Waals surface area contributed by atoms with Crippen molar-refractivity contribution in [3.8, 4) is 5.75 Å². The molecule has 0 aliphatic heterocycles. The van der Waals surface area contributed by atoms with Gasteiger partial charge < -0.3 is 15.5 Å². The van der Waals surface area contributed by atoms with E-state index in [4.69, 9.17) is 10.6 Å². The Kier molecular flexibility index (Phi) is 4.22. The summed E-state index contributed by atoms with van der Waals surface area (Å²) in [7, 11) is 1.60. The third kappa shape index (κ3) is 3.07. The van der Waals surface area contributed by atoms with Crippen molar-refractivity contribution in [3.63, 3.8) is 0 Å². The van der Waals surface area contributed by atoms with Gasteiger partial charge in [-0.2, -0.15) is 0 Å². The zero-order valence-electron chi connectivity index (χ0n) is 11.4. The number of ether oxygens (including phenoxy) is 1. The molecule has 20 heavy (non-hydrogen) atoms. The van der Waals surface area contributed by atoms with Crippen LogP contribution in [0, 0.1) is 6.92 Å². The molecule has 0 radical (unpaired) electrons. The monoisotopic (exact) mass is 271 g/mol. The van der Waals surface area contributed by atoms with Crippen LogP contribution in [0.15, 0.2) is 42.5 Å². The van der Waals surface area contributed by atoms with Crippen LogP contribution in [0.25, 0.3) is 0 Å². The van der Waals surface area contributed by atoms with Gasteiger partial charge in [0.05, 0.1) is 18.4 Å². The first-order valence-electron chi connectivity index (χ1n) is 6.16. The Morgan fingerprint density at radius 2 is 1.85 bits per heavy atom. The Labute approximate surface area is 117 Å². The maximum absolute atomic E-state index is 12.3. The number of hydrogen-bond acceptors (Lipinski definition) is 4. The molecule has 0 heterocycles. The highest BCUT2D eigenvalue weighted by Crippen LogP contribution is 2.20. The Bertz CT molecular complexity index is 609. The van der Waals surface area contributed by atoms with Crippen LogP contribution in [0.1, 0.15) is 15.9 Å². The minimum Gasteiger partial charge on any atom is -0.497 e. The van der Waals surface area contributed by atoms with E-state index >= 15 is 0 Å². The molecule has 5 heteroatoms. The number of anilines is 2. The van der Waals surface area contributed by atoms with Crippen molar-refractivity contribution < 1.29 is 9.53 Å². The number of rotatable bonds is 4. The van der Waals surface area contributed by atoms with Crippen molar-refractivity contribution in [1.82, 2.24) is 0 Å². The quantitative estimate of drug-likeness (QED) is 0.590. The Morgan fingerprint density at radius 3 is 2.45 bits per heavy atom. The number of hydrogen-bond donors (Lipinski definition) is 3. The van der Waals surface area contributed by atoms with Gasteiger partial charge in [-0.25, -0.2) is 0 Å². The largest absolute Gasteiger partial charge is 0.497 e. The van der Waals surface area contributed by atoms with Gasteiger partial charge in [-0.15, -0.1) is 0 Å². The molecule has 104 valence electrons. The number of hydrazine groups is 1. The third-order valence-electron chi connectivity index (χ3n) is 2.92. The van der Waals surface area contributed by atoms with Gasteiger partial charge in [0.2, 0.25) is 0 Å². The molecule has 2 aromatic rings. The minimum atomic E-state index is -0.216. The summed E-state index contributed by atoms with van der Waals surface area (Å²) in [6.45, 7) is 1.92. The smallest absolute Gasteiger partial charge is 0.257 e. The fourth-order valence-corrected chi connectivity index (χ4v) is 1.84. The molecule has 0 bridgehead atoms. The van der Waals surface area contributed by atoms with Crippen LogP contribution in [0.3, 0.4) is 0 Å². The number of benzene rings is 2. The van der Waals surface area contributed by atoms with E-state index in [2.05, 4.69) is 10.7 Å². The van der Waals surface area contributed by atoms with Crippen LogP contribution < -0.4 is 21.3 Å². The zero-order chi connectivity index (χ0) is 14.5. The number of amides is 1. The van der Waals surface area contributed by atoms with Crippen molar-refractivity contribution in [2.24, 2.45) is 5.84 Å². The molecule has 0 aliphatic rings. The molecule has 2 rings (SSSR count). The first-order chi connectivity index (χ1) is 9.63. The second-order valence-corrected chi connectivity index (χ2v) is 4.38. The summed E-state index contributed by atoms with van der Waals surface area (Å²) < 4.78 is 5.07. The first kappa shape index (κ1) is 13.9. The molecule has 5 nitrogen and oxygen atoms in total. The van der Waals surface area contributed by atoms with E-state index in [1.54, 1.807) is 43.5 Å². The van der Waals surface area contributed by atoms with E-state index in [0.29, 0.717) is 16.9 Å². The van der Waals surface area contributed by atoms with Crippen LogP contribution in [0.5, 0.6) is 5.75 Å². The number of aryl methyl sites for hydroxylation is 1. The lowest BCUT2D eigenvalue weighted by molar-refractivity contribution is 0.102. The van der Waals surface area contributed by atoms with E-state index in [9.17, 15) is 4.79 Å². The lowest BCUT2D eigenvalue weighted by Gasteiger charge is -2.11. The number of nitrogens with one attached hydrogen (secondary N) is 2. The molecule has 0 aromatic heterocycles. The van der Waals surface area contributed by atoms with Crippen LogP contribution in [-0.2, 0) is 0 Å². The average molecular weight is 271 g/mol. The minimum absolute atomic E-state index is 0.216. The van der Waals surface area contributed by atoms with Gasteiger partial charge in [-0.3, -0.25) is 10.6 Å². The molecule has 4 N–H and O–H groups in total. The molecular weight excluding hydrogens is 254 g/mol. The number of nitrogen functional groups attached to an aromatic ring is 1. The lowest BCUT2D eigenvalue weighted by Crippen LogP contribution is -2.17. The second-order valence-electron chi connectivity index (χ2n) is 4.38. The molecule has 0 fully saturated rings. The summed E-state index contributed by atoms with van der Waals surface area (Å²) in [6, 6.07) is 12.6. The maximum Gasteiger partial charge on any atom is 0.257 e. The fourth-order valence-electron chi connectivity index (χ4n) is 1.84. The number of methoxy groups -OCH3 is 1. The molecule has 0 saturated heterocycles. The SMILES string of the molecule is COc1ccc(NC(=O)c2cc(C)ccc2NN)cc1. The van der Waals surface area contributed by atoms with Crippen LogP contribution in [0.4, 0.5) is 11.4 Å². The molecule has 0 saturated carbocycles. The van der Waals surface area contributed by atoms with Crippen molar-refractivity contribution in [3.05, 3.63) is 53.6 Å². The molecular formula is C15H17N3O2. The van der Waals surface area contributed by atoms with Gasteiger partial charge in [0.1, 0.15) is 5.75 Å². The van der Waals surface area contributed by atoms with E-state index in [0.717, 1.165) is 11.3 Å². The zero-order valence-corrected chi connectivity index (χ0v) is 11.4. The van der Waals surface area contributed by atoms with E-state index in [1.165, 1.54) is 0 Å². The highest BCUT2D eigenvalue weighted by atomic mass is 16.5. The van der Waals surface area contributed by atoms with E-state index in [1.807, 2.05) is 13.0 Å². The number of carbonyl (C=O) groups excluding carboxylic acids is 1. The third-order valence-corrected chi connectivity index (χ3v) is 2.92. The van der Waals surface area contributed by atoms with Crippen molar-refractivity contribution in [1.29, 1.82) is 0 Å². The second kappa shape index (κ2) is 6.08. The maximum atomic E-state index is 12.3. The van der Waals surface area contributed by atoms with Crippen LogP contribution in [0.2, 0.25) is 0 Å². The van der Waals surface area contributed by atoms with Gasteiger partial charge in [0, 0.05) is 5.69 Å². The molecule has 0 unspecified atom stereocenters. The first-order valence-corrected chi connectivity index (χ1v) is 6.16. The fraction of sp³-hybridized carbons (Fsp3) is 0.133. The lowest BCUT2D eigenvalue weighted by atomic mass is 10.1. The molecule has 2 aromatic carbocycles. The normalized spacial score (nSPS) is 9.95. The summed E-state index contributed by atoms with van der Waals surface area (Å²) in [6.07, 6.45) is 0. The summed E-state index contributed by atoms with van der Waals surface area (Å²) >= 11 is 0. The summed E-state index contributed by atoms with van der Waals surface area (Å²) in [5.74, 6) is 5.95. The van der Waals surface area contributed by atoms with Gasteiger partial charge in [0.25, 0.3) is 5.91 Å². The number of carbonyl (C=O) groups is 1.